The zero-order valence-electron chi connectivity index (χ0n) is 22.4. The third-order valence-electron chi connectivity index (χ3n) is 5.81. The molecule has 0 aliphatic rings. The Kier molecular flexibility index (Phi) is 10.6. The summed E-state index contributed by atoms with van der Waals surface area (Å²) in [4.78, 5) is 29.3. The highest BCUT2D eigenvalue weighted by Gasteiger charge is 2.34. The number of sulfonamides is 1. The molecule has 2 amide bonds. The van der Waals surface area contributed by atoms with Crippen LogP contribution in [-0.4, -0.2) is 49.5 Å². The summed E-state index contributed by atoms with van der Waals surface area (Å²) in [7, 11) is -3.80. The van der Waals surface area contributed by atoms with E-state index in [2.05, 4.69) is 43.8 Å². The summed E-state index contributed by atoms with van der Waals surface area (Å²) in [6, 6.07) is 23.0. The standard InChI is InChI=1S/C29H33BrIN3O4S/c1-29(2,3)32-28(36)26(18-21-9-6-5-7-10-21)33(19-22-11-8-12-23(30)17-22)27(35)20-34(39(4,37)38)25-15-13-24(31)14-16-25/h5-17,26H,18-20H2,1-4H3,(H,32,36)/t26-/m0/s1. The normalized spacial score (nSPS) is 12.5. The predicted octanol–water partition coefficient (Wildman–Crippen LogP) is 5.37. The van der Waals surface area contributed by atoms with Crippen molar-refractivity contribution in [3.05, 3.63) is 98.0 Å². The molecule has 10 heteroatoms. The van der Waals surface area contributed by atoms with Crippen LogP contribution in [0, 0.1) is 3.57 Å². The van der Waals surface area contributed by atoms with Gasteiger partial charge < -0.3 is 10.2 Å². The Hall–Kier alpha value is -2.44. The van der Waals surface area contributed by atoms with Gasteiger partial charge in [-0.1, -0.05) is 58.4 Å². The topological polar surface area (TPSA) is 86.8 Å². The third kappa shape index (κ3) is 9.61. The lowest BCUT2D eigenvalue weighted by atomic mass is 10.0. The van der Waals surface area contributed by atoms with Gasteiger partial charge in [0.15, 0.2) is 0 Å². The number of benzene rings is 3. The Balaban J connectivity index is 2.07. The van der Waals surface area contributed by atoms with Gasteiger partial charge in [-0.2, -0.15) is 0 Å². The lowest BCUT2D eigenvalue weighted by Crippen LogP contribution is -2.56. The van der Waals surface area contributed by atoms with Crippen LogP contribution in [0.2, 0.25) is 0 Å². The van der Waals surface area contributed by atoms with Crippen LogP contribution < -0.4 is 9.62 Å². The molecule has 0 unspecified atom stereocenters. The molecule has 1 N–H and O–H groups in total. The van der Waals surface area contributed by atoms with E-state index in [1.165, 1.54) is 4.90 Å². The van der Waals surface area contributed by atoms with E-state index < -0.39 is 34.1 Å². The van der Waals surface area contributed by atoms with E-state index in [0.717, 1.165) is 29.7 Å². The maximum absolute atomic E-state index is 14.1. The predicted molar refractivity (Wildman–Crippen MR) is 168 cm³/mol. The van der Waals surface area contributed by atoms with Crippen molar-refractivity contribution in [1.82, 2.24) is 10.2 Å². The van der Waals surface area contributed by atoms with Crippen LogP contribution in [0.3, 0.4) is 0 Å². The second-order valence-electron chi connectivity index (χ2n) is 10.3. The number of halogens is 2. The second-order valence-corrected chi connectivity index (χ2v) is 14.4. The Morgan fingerprint density at radius 3 is 2.13 bits per heavy atom. The fourth-order valence-corrected chi connectivity index (χ4v) is 5.72. The summed E-state index contributed by atoms with van der Waals surface area (Å²) in [6.45, 7) is 5.33. The molecule has 0 aliphatic heterocycles. The van der Waals surface area contributed by atoms with Gasteiger partial charge in [0.05, 0.1) is 11.9 Å². The van der Waals surface area contributed by atoms with Gasteiger partial charge in [-0.15, -0.1) is 0 Å². The highest BCUT2D eigenvalue weighted by molar-refractivity contribution is 14.1. The van der Waals surface area contributed by atoms with Gasteiger partial charge in [-0.05, 0) is 90.9 Å². The number of nitrogens with zero attached hydrogens (tertiary/aromatic N) is 2. The van der Waals surface area contributed by atoms with Gasteiger partial charge in [0, 0.05) is 26.5 Å². The number of anilines is 1. The van der Waals surface area contributed by atoms with Crippen LogP contribution in [-0.2, 0) is 32.6 Å². The highest BCUT2D eigenvalue weighted by atomic mass is 127. The van der Waals surface area contributed by atoms with Crippen LogP contribution in [0.25, 0.3) is 0 Å². The zero-order valence-corrected chi connectivity index (χ0v) is 27.0. The molecule has 208 valence electrons. The maximum Gasteiger partial charge on any atom is 0.244 e. The van der Waals surface area contributed by atoms with E-state index >= 15 is 0 Å². The molecule has 0 saturated heterocycles. The van der Waals surface area contributed by atoms with E-state index in [1.807, 2.05) is 75.4 Å². The van der Waals surface area contributed by atoms with Gasteiger partial charge in [0.25, 0.3) is 0 Å². The van der Waals surface area contributed by atoms with Crippen molar-refractivity contribution >= 4 is 66.0 Å². The average Bonchev–Trinajstić information content (AvgIpc) is 2.84. The Morgan fingerprint density at radius 1 is 0.949 bits per heavy atom. The summed E-state index contributed by atoms with van der Waals surface area (Å²) >= 11 is 5.62. The molecule has 0 aliphatic carbocycles. The molecule has 0 heterocycles. The molecule has 0 spiro atoms. The molecule has 3 aromatic carbocycles. The van der Waals surface area contributed by atoms with Crippen molar-refractivity contribution in [2.45, 2.75) is 45.3 Å². The van der Waals surface area contributed by atoms with Crippen molar-refractivity contribution in [2.24, 2.45) is 0 Å². The summed E-state index contributed by atoms with van der Waals surface area (Å²) in [5, 5.41) is 3.02. The number of hydrogen-bond donors (Lipinski definition) is 1. The fraction of sp³-hybridized carbons (Fsp3) is 0.310. The molecule has 0 fully saturated rings. The minimum absolute atomic E-state index is 0.123. The van der Waals surface area contributed by atoms with E-state index in [-0.39, 0.29) is 18.9 Å². The van der Waals surface area contributed by atoms with Crippen molar-refractivity contribution < 1.29 is 18.0 Å². The summed E-state index contributed by atoms with van der Waals surface area (Å²) in [6.07, 6.45) is 1.34. The van der Waals surface area contributed by atoms with Crippen LogP contribution >= 0.6 is 38.5 Å². The zero-order chi connectivity index (χ0) is 28.8. The Bertz CT molecular complexity index is 1390. The van der Waals surface area contributed by atoms with Crippen LogP contribution in [0.5, 0.6) is 0 Å². The lowest BCUT2D eigenvalue weighted by Gasteiger charge is -2.35. The third-order valence-corrected chi connectivity index (χ3v) is 8.16. The van der Waals surface area contributed by atoms with Gasteiger partial charge in [-0.3, -0.25) is 13.9 Å². The number of hydrogen-bond acceptors (Lipinski definition) is 4. The molecular weight excluding hydrogens is 693 g/mol. The van der Waals surface area contributed by atoms with E-state index in [4.69, 9.17) is 0 Å². The second kappa shape index (κ2) is 13.3. The van der Waals surface area contributed by atoms with E-state index in [0.29, 0.717) is 5.69 Å². The SMILES string of the molecule is CC(C)(C)NC(=O)[C@H](Cc1ccccc1)N(Cc1cccc(Br)c1)C(=O)CN(c1ccc(I)cc1)S(C)(=O)=O. The molecule has 3 aromatic rings. The molecule has 39 heavy (non-hydrogen) atoms. The number of carbonyl (C=O) groups excluding carboxylic acids is 2. The highest BCUT2D eigenvalue weighted by Crippen LogP contribution is 2.22. The molecule has 0 saturated carbocycles. The summed E-state index contributed by atoms with van der Waals surface area (Å²) < 4.78 is 28.5. The lowest BCUT2D eigenvalue weighted by molar-refractivity contribution is -0.140. The molecular formula is C29H33BrIN3O4S. The van der Waals surface area contributed by atoms with Crippen molar-refractivity contribution in [2.75, 3.05) is 17.1 Å². The van der Waals surface area contributed by atoms with Gasteiger partial charge in [-0.25, -0.2) is 8.42 Å². The molecule has 0 radical (unpaired) electrons. The molecule has 3 rings (SSSR count). The number of carbonyl (C=O) groups is 2. The number of nitrogens with one attached hydrogen (secondary N) is 1. The smallest absolute Gasteiger partial charge is 0.244 e. The van der Waals surface area contributed by atoms with Gasteiger partial charge >= 0.3 is 0 Å². The van der Waals surface area contributed by atoms with Crippen LogP contribution in [0.4, 0.5) is 5.69 Å². The van der Waals surface area contributed by atoms with Crippen LogP contribution in [0.1, 0.15) is 31.9 Å². The minimum Gasteiger partial charge on any atom is -0.350 e. The first-order valence-corrected chi connectivity index (χ1v) is 16.1. The number of rotatable bonds is 10. The van der Waals surface area contributed by atoms with Crippen LogP contribution in [0.15, 0.2) is 83.3 Å². The summed E-state index contributed by atoms with van der Waals surface area (Å²) in [5.74, 6) is -0.793. The Labute approximate surface area is 253 Å². The molecule has 0 aromatic heterocycles. The minimum atomic E-state index is -3.80. The molecule has 0 bridgehead atoms. The monoisotopic (exact) mass is 725 g/mol. The first-order chi connectivity index (χ1) is 18.2. The largest absolute Gasteiger partial charge is 0.350 e. The van der Waals surface area contributed by atoms with Crippen molar-refractivity contribution in [1.29, 1.82) is 0 Å². The van der Waals surface area contributed by atoms with Crippen molar-refractivity contribution in [3.8, 4) is 0 Å². The van der Waals surface area contributed by atoms with Crippen molar-refractivity contribution in [3.63, 3.8) is 0 Å². The molecule has 1 atom stereocenters. The summed E-state index contributed by atoms with van der Waals surface area (Å²) in [5.41, 5.74) is 1.54. The first kappa shape index (κ1) is 31.1. The van der Waals surface area contributed by atoms with E-state index in [1.54, 1.807) is 24.3 Å². The first-order valence-electron chi connectivity index (χ1n) is 12.4. The molecule has 7 nitrogen and oxygen atoms in total. The Morgan fingerprint density at radius 2 is 1.56 bits per heavy atom. The van der Waals surface area contributed by atoms with E-state index in [9.17, 15) is 18.0 Å². The number of amides is 2. The fourth-order valence-electron chi connectivity index (χ4n) is 4.06. The maximum atomic E-state index is 14.1. The average molecular weight is 726 g/mol. The van der Waals surface area contributed by atoms with Gasteiger partial charge in [0.2, 0.25) is 21.8 Å². The quantitative estimate of drug-likeness (QED) is 0.285. The van der Waals surface area contributed by atoms with Gasteiger partial charge in [0.1, 0.15) is 12.6 Å².